The molecule has 0 heterocycles. The van der Waals surface area contributed by atoms with Gasteiger partial charge in [-0.05, 0) is 59.3 Å². The number of benzene rings is 4. The Bertz CT molecular complexity index is 1380. The highest BCUT2D eigenvalue weighted by molar-refractivity contribution is 5.90. The molecule has 0 radical (unpaired) electrons. The molecular weight excluding hydrogens is 424 g/mol. The van der Waals surface area contributed by atoms with Crippen LogP contribution in [0.2, 0.25) is 0 Å². The summed E-state index contributed by atoms with van der Waals surface area (Å²) in [5.74, 6) is 12.2. The lowest BCUT2D eigenvalue weighted by atomic mass is 10.0. The summed E-state index contributed by atoms with van der Waals surface area (Å²) in [5.41, 5.74) is 2.76. The number of rotatable bonds is 2. The van der Waals surface area contributed by atoms with Crippen molar-refractivity contribution in [3.63, 3.8) is 0 Å². The molecule has 0 amide bonds. The summed E-state index contributed by atoms with van der Waals surface area (Å²) >= 11 is 0. The minimum Gasteiger partial charge on any atom is -0.425 e. The molecular formula is C30H20O4. The molecule has 4 rings (SSSR count). The van der Waals surface area contributed by atoms with E-state index >= 15 is 0 Å². The second-order valence-electron chi connectivity index (χ2n) is 7.46. The largest absolute Gasteiger partial charge is 0.425 e. The van der Waals surface area contributed by atoms with Crippen molar-refractivity contribution in [1.29, 1.82) is 0 Å². The molecule has 0 unspecified atom stereocenters. The van der Waals surface area contributed by atoms with E-state index in [1.807, 2.05) is 72.8 Å². The Morgan fingerprint density at radius 3 is 1.29 bits per heavy atom. The Hall–Kier alpha value is -4.80. The number of hydrogen-bond donors (Lipinski definition) is 0. The van der Waals surface area contributed by atoms with Gasteiger partial charge in [-0.15, -0.1) is 0 Å². The van der Waals surface area contributed by atoms with Gasteiger partial charge < -0.3 is 9.47 Å². The predicted molar refractivity (Wildman–Crippen MR) is 131 cm³/mol. The summed E-state index contributed by atoms with van der Waals surface area (Å²) in [7, 11) is 0. The normalized spacial score (nSPS) is 9.82. The van der Waals surface area contributed by atoms with Crippen molar-refractivity contribution < 1.29 is 19.1 Å². The van der Waals surface area contributed by atoms with Gasteiger partial charge in [0.15, 0.2) is 0 Å². The maximum absolute atomic E-state index is 11.7. The monoisotopic (exact) mass is 444 g/mol. The number of ether oxygens (including phenoxy) is 2. The van der Waals surface area contributed by atoms with Crippen LogP contribution in [0.3, 0.4) is 0 Å². The van der Waals surface area contributed by atoms with Crippen molar-refractivity contribution >= 4 is 22.7 Å². The Morgan fingerprint density at radius 2 is 0.941 bits per heavy atom. The fraction of sp³-hybridized carbons (Fsp3) is 0.0667. The third-order valence-corrected chi connectivity index (χ3v) is 4.78. The molecule has 0 fully saturated rings. The van der Waals surface area contributed by atoms with Crippen molar-refractivity contribution in [2.45, 2.75) is 13.8 Å². The predicted octanol–water partition coefficient (Wildman–Crippen LogP) is 5.49. The topological polar surface area (TPSA) is 52.6 Å². The summed E-state index contributed by atoms with van der Waals surface area (Å²) in [6, 6.07) is 26.2. The number of carbonyl (C=O) groups excluding carboxylic acids is 2. The molecule has 4 heteroatoms. The molecule has 0 aliphatic carbocycles. The van der Waals surface area contributed by atoms with Crippen molar-refractivity contribution in [2.24, 2.45) is 0 Å². The highest BCUT2D eigenvalue weighted by Gasteiger charge is 2.12. The molecule has 0 bridgehead atoms. The zero-order valence-electron chi connectivity index (χ0n) is 18.7. The lowest BCUT2D eigenvalue weighted by Crippen LogP contribution is -2.04. The molecule has 4 nitrogen and oxygen atoms in total. The van der Waals surface area contributed by atoms with Gasteiger partial charge in [0, 0.05) is 25.0 Å². The average molecular weight is 444 g/mol. The first kappa shape index (κ1) is 22.4. The Kier molecular flexibility index (Phi) is 6.73. The molecule has 4 aromatic carbocycles. The van der Waals surface area contributed by atoms with Crippen LogP contribution in [-0.2, 0) is 9.59 Å². The van der Waals surface area contributed by atoms with Gasteiger partial charge in [-0.3, -0.25) is 9.59 Å². The number of esters is 2. The van der Waals surface area contributed by atoms with Crippen LogP contribution < -0.4 is 9.47 Å². The summed E-state index contributed by atoms with van der Waals surface area (Å²) in [5, 5.41) is 1.55. The third kappa shape index (κ3) is 5.71. The third-order valence-electron chi connectivity index (χ3n) is 4.78. The molecule has 0 saturated heterocycles. The molecule has 0 spiro atoms. The standard InChI is InChI=1S/C30H20O4/c1-21(31)33-29-19-27-18-26(16-14-24-11-7-4-8-12-24)30(34-22(2)32)20-28(27)17-25(29)15-13-23-9-5-3-6-10-23/h3-12,17-20H,1-2H3. The second kappa shape index (κ2) is 10.2. The van der Waals surface area contributed by atoms with E-state index in [4.69, 9.17) is 9.47 Å². The number of carbonyl (C=O) groups is 2. The first-order valence-corrected chi connectivity index (χ1v) is 10.6. The zero-order valence-corrected chi connectivity index (χ0v) is 18.7. The van der Waals surface area contributed by atoms with Crippen LogP contribution in [0, 0.1) is 23.7 Å². The molecule has 0 aromatic heterocycles. The van der Waals surface area contributed by atoms with Gasteiger partial charge in [-0.1, -0.05) is 60.1 Å². The number of fused-ring (bicyclic) bond motifs is 1. The molecule has 34 heavy (non-hydrogen) atoms. The molecule has 0 saturated carbocycles. The molecule has 164 valence electrons. The van der Waals surface area contributed by atoms with E-state index in [0.29, 0.717) is 22.6 Å². The van der Waals surface area contributed by atoms with Crippen molar-refractivity contribution in [3.8, 4) is 35.2 Å². The first-order valence-electron chi connectivity index (χ1n) is 10.6. The van der Waals surface area contributed by atoms with Crippen LogP contribution in [0.15, 0.2) is 84.9 Å². The fourth-order valence-electron chi connectivity index (χ4n) is 3.30. The molecule has 0 N–H and O–H groups in total. The van der Waals surface area contributed by atoms with E-state index in [1.54, 1.807) is 12.1 Å². The van der Waals surface area contributed by atoms with Crippen molar-refractivity contribution in [2.75, 3.05) is 0 Å². The minimum absolute atomic E-state index is 0.352. The Morgan fingerprint density at radius 1 is 0.559 bits per heavy atom. The van der Waals surface area contributed by atoms with E-state index in [1.165, 1.54) is 13.8 Å². The van der Waals surface area contributed by atoms with E-state index in [9.17, 15) is 9.59 Å². The number of hydrogen-bond acceptors (Lipinski definition) is 4. The van der Waals surface area contributed by atoms with E-state index in [2.05, 4.69) is 23.7 Å². The van der Waals surface area contributed by atoms with Gasteiger partial charge in [0.2, 0.25) is 0 Å². The van der Waals surface area contributed by atoms with Crippen LogP contribution in [0.5, 0.6) is 11.5 Å². The lowest BCUT2D eigenvalue weighted by molar-refractivity contribution is -0.132. The highest BCUT2D eigenvalue weighted by Crippen LogP contribution is 2.31. The molecule has 4 aromatic rings. The van der Waals surface area contributed by atoms with E-state index in [0.717, 1.165) is 21.9 Å². The summed E-state index contributed by atoms with van der Waals surface area (Å²) in [6.07, 6.45) is 0. The first-order chi connectivity index (χ1) is 16.5. The average Bonchev–Trinajstić information content (AvgIpc) is 2.82. The van der Waals surface area contributed by atoms with Gasteiger partial charge in [-0.2, -0.15) is 0 Å². The maximum atomic E-state index is 11.7. The smallest absolute Gasteiger partial charge is 0.308 e. The minimum atomic E-state index is -0.442. The summed E-state index contributed by atoms with van der Waals surface area (Å²) < 4.78 is 10.9. The molecule has 0 atom stereocenters. The van der Waals surface area contributed by atoms with Crippen molar-refractivity contribution in [1.82, 2.24) is 0 Å². The van der Waals surface area contributed by atoms with Crippen LogP contribution in [0.25, 0.3) is 10.8 Å². The van der Waals surface area contributed by atoms with Crippen LogP contribution in [-0.4, -0.2) is 11.9 Å². The lowest BCUT2D eigenvalue weighted by Gasteiger charge is -2.10. The molecule has 0 aliphatic rings. The van der Waals surface area contributed by atoms with Gasteiger partial charge in [0.25, 0.3) is 0 Å². The maximum Gasteiger partial charge on any atom is 0.308 e. The van der Waals surface area contributed by atoms with Crippen molar-refractivity contribution in [3.05, 3.63) is 107 Å². The van der Waals surface area contributed by atoms with Gasteiger partial charge in [0.1, 0.15) is 11.5 Å². The van der Waals surface area contributed by atoms with Gasteiger partial charge >= 0.3 is 11.9 Å². The zero-order chi connectivity index (χ0) is 23.9. The van der Waals surface area contributed by atoms with E-state index < -0.39 is 11.9 Å². The second-order valence-corrected chi connectivity index (χ2v) is 7.46. The van der Waals surface area contributed by atoms with Gasteiger partial charge in [-0.25, -0.2) is 0 Å². The Balaban J connectivity index is 1.85. The highest BCUT2D eigenvalue weighted by atomic mass is 16.5. The summed E-state index contributed by atoms with van der Waals surface area (Å²) in [6.45, 7) is 2.69. The van der Waals surface area contributed by atoms with Crippen LogP contribution in [0.4, 0.5) is 0 Å². The Labute approximate surface area is 198 Å². The SMILES string of the molecule is CC(=O)Oc1cc2cc(C#Cc3ccccc3)c(OC(C)=O)cc2cc1C#Cc1ccccc1. The van der Waals surface area contributed by atoms with Crippen LogP contribution >= 0.6 is 0 Å². The quantitative estimate of drug-likeness (QED) is 0.233. The van der Waals surface area contributed by atoms with Crippen LogP contribution in [0.1, 0.15) is 36.1 Å². The molecule has 0 aliphatic heterocycles. The summed E-state index contributed by atoms with van der Waals surface area (Å²) in [4.78, 5) is 23.5. The van der Waals surface area contributed by atoms with E-state index in [-0.39, 0.29) is 0 Å². The fourth-order valence-corrected chi connectivity index (χ4v) is 3.30. The van der Waals surface area contributed by atoms with Gasteiger partial charge in [0.05, 0.1) is 11.1 Å².